The van der Waals surface area contributed by atoms with E-state index < -0.39 is 39.8 Å². The maximum atomic E-state index is 14.0. The molecule has 45 heavy (non-hydrogen) atoms. The summed E-state index contributed by atoms with van der Waals surface area (Å²) in [7, 11) is -1.23. The molecule has 2 unspecified atom stereocenters. The van der Waals surface area contributed by atoms with Crippen molar-refractivity contribution in [1.82, 2.24) is 29.8 Å². The van der Waals surface area contributed by atoms with Crippen molar-refractivity contribution < 1.29 is 27.5 Å². The number of aromatic nitrogens is 3. The Morgan fingerprint density at radius 3 is 2.04 bits per heavy atom. The first-order valence-electron chi connectivity index (χ1n) is 13.9. The van der Waals surface area contributed by atoms with Gasteiger partial charge in [0.15, 0.2) is 18.2 Å². The van der Waals surface area contributed by atoms with E-state index in [9.17, 15) is 28.0 Å². The fourth-order valence-corrected chi connectivity index (χ4v) is 7.04. The fourth-order valence-electron chi connectivity index (χ4n) is 5.31. The molecular weight excluding hydrogens is 622 g/mol. The van der Waals surface area contributed by atoms with Gasteiger partial charge in [-0.3, -0.25) is 14.4 Å². The second kappa shape index (κ2) is 13.1. The van der Waals surface area contributed by atoms with Crippen LogP contribution in [-0.4, -0.2) is 84.6 Å². The molecule has 2 aromatic carbocycles. The van der Waals surface area contributed by atoms with Gasteiger partial charge in [-0.2, -0.15) is 9.04 Å². The lowest BCUT2D eigenvalue weighted by molar-refractivity contribution is -0.605. The molecule has 0 spiro atoms. The van der Waals surface area contributed by atoms with Gasteiger partial charge >= 0.3 is 0 Å². The molecule has 2 atom stereocenters. The van der Waals surface area contributed by atoms with Crippen LogP contribution in [0.25, 0.3) is 22.2 Å². The Bertz CT molecular complexity index is 1830. The first-order valence-corrected chi connectivity index (χ1v) is 15.8. The van der Waals surface area contributed by atoms with Gasteiger partial charge in [0.1, 0.15) is 0 Å². The van der Waals surface area contributed by atoms with Gasteiger partial charge in [-0.15, -0.1) is 0 Å². The number of rotatable bonds is 8. The van der Waals surface area contributed by atoms with Gasteiger partial charge in [0.2, 0.25) is 21.8 Å². The van der Waals surface area contributed by atoms with Gasteiger partial charge in [0, 0.05) is 75.1 Å². The molecule has 5 rings (SSSR count). The SMILES string of the molecule is CNC(=O)CC1CN(S(=O)(=O)c2ccc3cc(Cl)ccc3c2)CC(CC(=O)NC)N1C(=O)c1cnc(-c2cc[n+]([O-])cc2)nc1. The summed E-state index contributed by atoms with van der Waals surface area (Å²) < 4.78 is 29.8. The smallest absolute Gasteiger partial charge is 0.257 e. The van der Waals surface area contributed by atoms with Crippen LogP contribution in [0.1, 0.15) is 23.2 Å². The summed E-state index contributed by atoms with van der Waals surface area (Å²) in [5.41, 5.74) is 0.647. The van der Waals surface area contributed by atoms with E-state index in [0.717, 1.165) is 5.39 Å². The molecule has 0 saturated carbocycles. The summed E-state index contributed by atoms with van der Waals surface area (Å²) in [6.45, 7) is -0.384. The third kappa shape index (κ3) is 6.87. The number of halogens is 1. The summed E-state index contributed by atoms with van der Waals surface area (Å²) in [6, 6.07) is 11.0. The Morgan fingerprint density at radius 2 is 1.47 bits per heavy atom. The molecule has 1 saturated heterocycles. The van der Waals surface area contributed by atoms with Gasteiger partial charge in [-0.1, -0.05) is 23.7 Å². The van der Waals surface area contributed by atoms with Crippen molar-refractivity contribution in [2.45, 2.75) is 29.8 Å². The molecule has 0 aliphatic carbocycles. The number of benzene rings is 2. The average molecular weight is 652 g/mol. The molecule has 1 aliphatic rings. The van der Waals surface area contributed by atoms with Crippen LogP contribution in [0.15, 0.2) is 78.2 Å². The monoisotopic (exact) mass is 651 g/mol. The number of carbonyl (C=O) groups excluding carboxylic acids is 3. The fraction of sp³-hybridized carbons (Fsp3) is 0.267. The lowest BCUT2D eigenvalue weighted by Gasteiger charge is -2.46. The summed E-state index contributed by atoms with van der Waals surface area (Å²) >= 11 is 6.09. The molecular formula is C30H30ClN7O6S. The maximum Gasteiger partial charge on any atom is 0.257 e. The molecule has 0 bridgehead atoms. The molecule has 13 nitrogen and oxygen atoms in total. The predicted octanol–water partition coefficient (Wildman–Crippen LogP) is 1.74. The minimum atomic E-state index is -4.12. The number of carbonyl (C=O) groups is 3. The lowest BCUT2D eigenvalue weighted by Crippen LogP contribution is -2.63. The van der Waals surface area contributed by atoms with Crippen LogP contribution >= 0.6 is 11.6 Å². The van der Waals surface area contributed by atoms with Crippen LogP contribution in [0.2, 0.25) is 5.02 Å². The third-order valence-electron chi connectivity index (χ3n) is 7.62. The van der Waals surface area contributed by atoms with E-state index in [1.54, 1.807) is 30.3 Å². The number of piperazine rings is 1. The number of sulfonamides is 1. The largest absolute Gasteiger partial charge is 0.619 e. The molecule has 1 aliphatic heterocycles. The zero-order valence-corrected chi connectivity index (χ0v) is 26.0. The molecule has 234 valence electrons. The molecule has 0 radical (unpaired) electrons. The standard InChI is InChI=1S/C30H30ClN7O6S/c1-32-27(39)13-24-17-37(45(43,44)26-6-4-20-11-23(31)5-3-21(20)12-26)18-25(14-28(40)33-2)38(24)30(41)22-15-34-29(35-16-22)19-7-9-36(42)10-8-19/h3-12,15-16,24-25H,13-14,17-18H2,1-2H3,(H,32,39)(H,33,40). The summed E-state index contributed by atoms with van der Waals surface area (Å²) in [4.78, 5) is 49.3. The summed E-state index contributed by atoms with van der Waals surface area (Å²) in [5, 5.41) is 18.4. The number of fused-ring (bicyclic) bond motifs is 1. The molecule has 1 fully saturated rings. The van der Waals surface area contributed by atoms with Crippen LogP contribution in [0.5, 0.6) is 0 Å². The summed E-state index contributed by atoms with van der Waals surface area (Å²) in [5.74, 6) is -1.10. The van der Waals surface area contributed by atoms with Crippen molar-refractivity contribution in [2.75, 3.05) is 27.2 Å². The van der Waals surface area contributed by atoms with Gasteiger partial charge in [-0.05, 0) is 35.0 Å². The Labute approximate surface area is 264 Å². The van der Waals surface area contributed by atoms with Crippen molar-refractivity contribution in [2.24, 2.45) is 0 Å². The van der Waals surface area contributed by atoms with Crippen LogP contribution in [0.4, 0.5) is 0 Å². The van der Waals surface area contributed by atoms with Crippen LogP contribution in [0.3, 0.4) is 0 Å². The highest BCUT2D eigenvalue weighted by atomic mass is 35.5. The topological polar surface area (TPSA) is 169 Å². The zero-order valence-electron chi connectivity index (χ0n) is 24.4. The molecule has 3 heterocycles. The Hall–Kier alpha value is -4.66. The Morgan fingerprint density at radius 1 is 0.911 bits per heavy atom. The van der Waals surface area contributed by atoms with Gasteiger partial charge < -0.3 is 20.7 Å². The van der Waals surface area contributed by atoms with E-state index >= 15 is 0 Å². The van der Waals surface area contributed by atoms with Gasteiger partial charge in [0.05, 0.1) is 22.5 Å². The van der Waals surface area contributed by atoms with E-state index in [-0.39, 0.29) is 42.2 Å². The molecule has 15 heteroatoms. The van der Waals surface area contributed by atoms with Gasteiger partial charge in [0.25, 0.3) is 5.91 Å². The predicted molar refractivity (Wildman–Crippen MR) is 165 cm³/mol. The van der Waals surface area contributed by atoms with Crippen LogP contribution in [-0.2, 0) is 19.6 Å². The number of amides is 3. The van der Waals surface area contributed by atoms with E-state index in [2.05, 4.69) is 20.6 Å². The second-order valence-electron chi connectivity index (χ2n) is 10.5. The maximum absolute atomic E-state index is 14.0. The minimum absolute atomic E-state index is 0.0295. The molecule has 3 amide bonds. The Balaban J connectivity index is 1.50. The Kier molecular flexibility index (Phi) is 9.27. The highest BCUT2D eigenvalue weighted by molar-refractivity contribution is 7.89. The van der Waals surface area contributed by atoms with E-state index in [1.807, 2.05) is 0 Å². The van der Waals surface area contributed by atoms with E-state index in [1.165, 1.54) is 66.3 Å². The first kappa shape index (κ1) is 31.8. The highest BCUT2D eigenvalue weighted by Gasteiger charge is 2.43. The second-order valence-corrected chi connectivity index (χ2v) is 12.9. The van der Waals surface area contributed by atoms with Crippen LogP contribution in [0, 0.1) is 5.21 Å². The number of hydrogen-bond donors (Lipinski definition) is 2. The van der Waals surface area contributed by atoms with Gasteiger partial charge in [-0.25, -0.2) is 18.4 Å². The number of hydrogen-bond acceptors (Lipinski definition) is 8. The highest BCUT2D eigenvalue weighted by Crippen LogP contribution is 2.30. The number of pyridine rings is 1. The van der Waals surface area contributed by atoms with Crippen molar-refractivity contribution >= 4 is 50.1 Å². The van der Waals surface area contributed by atoms with Crippen molar-refractivity contribution in [1.29, 1.82) is 0 Å². The first-order chi connectivity index (χ1) is 21.5. The third-order valence-corrected chi connectivity index (χ3v) is 9.68. The minimum Gasteiger partial charge on any atom is -0.619 e. The average Bonchev–Trinajstić information content (AvgIpc) is 3.04. The molecule has 2 N–H and O–H groups in total. The van der Waals surface area contributed by atoms with E-state index in [4.69, 9.17) is 11.6 Å². The van der Waals surface area contributed by atoms with Crippen molar-refractivity contribution in [3.8, 4) is 11.4 Å². The summed E-state index contributed by atoms with van der Waals surface area (Å²) in [6.07, 6.45) is 4.80. The quantitative estimate of drug-likeness (QED) is 0.214. The van der Waals surface area contributed by atoms with E-state index in [0.29, 0.717) is 20.7 Å². The zero-order chi connectivity index (χ0) is 32.3. The lowest BCUT2D eigenvalue weighted by atomic mass is 10.00. The number of nitrogens with one attached hydrogen (secondary N) is 2. The van der Waals surface area contributed by atoms with Crippen LogP contribution < -0.4 is 15.4 Å². The normalized spacial score (nSPS) is 17.2. The molecule has 2 aromatic heterocycles. The van der Waals surface area contributed by atoms with Crippen molar-refractivity contribution in [3.05, 3.63) is 89.1 Å². The number of nitrogens with zero attached hydrogens (tertiary/aromatic N) is 5. The molecule has 4 aromatic rings. The van der Waals surface area contributed by atoms with Crippen molar-refractivity contribution in [3.63, 3.8) is 0 Å².